The van der Waals surface area contributed by atoms with Crippen molar-refractivity contribution in [2.45, 2.75) is 34.6 Å². The summed E-state index contributed by atoms with van der Waals surface area (Å²) >= 11 is 0. The van der Waals surface area contributed by atoms with Crippen LogP contribution in [-0.4, -0.2) is 50.3 Å². The Morgan fingerprint density at radius 3 is 0.938 bits per heavy atom. The van der Waals surface area contributed by atoms with Gasteiger partial charge in [0.05, 0.1) is 48.7 Å². The zero-order valence-electron chi connectivity index (χ0n) is 27.6. The number of fused-ring (bicyclic) bond motifs is 2. The molecule has 0 bridgehead atoms. The van der Waals surface area contributed by atoms with Gasteiger partial charge in [-0.15, -0.1) is 0 Å². The van der Waals surface area contributed by atoms with E-state index in [0.717, 1.165) is 11.3 Å². The van der Waals surface area contributed by atoms with Crippen molar-refractivity contribution in [2.75, 3.05) is 31.3 Å². The predicted octanol–water partition coefficient (Wildman–Crippen LogP) is 8.38. The molecule has 0 saturated heterocycles. The van der Waals surface area contributed by atoms with Gasteiger partial charge in [0.25, 0.3) is 0 Å². The molecule has 0 heterocycles. The van der Waals surface area contributed by atoms with Crippen LogP contribution in [0.3, 0.4) is 0 Å². The molecule has 4 aliphatic rings. The van der Waals surface area contributed by atoms with Crippen LogP contribution in [-0.2, 0) is 18.9 Å². The van der Waals surface area contributed by atoms with Gasteiger partial charge in [0.15, 0.2) is 0 Å². The summed E-state index contributed by atoms with van der Waals surface area (Å²) in [4.78, 5) is 53.8. The minimum absolute atomic E-state index is 0.184. The maximum atomic E-state index is 13.0. The molecule has 0 spiro atoms. The molecule has 4 aliphatic carbocycles. The number of benzene rings is 1. The summed E-state index contributed by atoms with van der Waals surface area (Å²) in [6.07, 6.45) is 0. The van der Waals surface area contributed by atoms with Crippen molar-refractivity contribution in [2.24, 2.45) is 0 Å². The lowest BCUT2D eigenvalue weighted by Crippen LogP contribution is -2.08. The second kappa shape index (κ2) is 14.8. The van der Waals surface area contributed by atoms with Crippen LogP contribution in [0.2, 0.25) is 0 Å². The third-order valence-electron chi connectivity index (χ3n) is 7.79. The minimum Gasteiger partial charge on any atom is -0.462 e. The molecule has 0 fully saturated rings. The largest absolute Gasteiger partial charge is 0.462 e. The number of nitrogens with zero attached hydrogens (tertiary/aromatic N) is 1. The Labute approximate surface area is 279 Å². The average molecular weight is 648 g/mol. The smallest absolute Gasteiger partial charge is 0.338 e. The highest BCUT2D eigenvalue weighted by molar-refractivity contribution is 6.09. The lowest BCUT2D eigenvalue weighted by molar-refractivity contribution is 0.0511. The van der Waals surface area contributed by atoms with Gasteiger partial charge in [-0.25, -0.2) is 19.2 Å². The Kier molecular flexibility index (Phi) is 10.4. The Bertz CT molecular complexity index is 1690. The fourth-order valence-corrected chi connectivity index (χ4v) is 5.63. The molecule has 246 valence electrons. The summed E-state index contributed by atoms with van der Waals surface area (Å²) in [7, 11) is 0. The number of esters is 4. The van der Waals surface area contributed by atoms with Crippen molar-refractivity contribution in [1.29, 1.82) is 0 Å². The van der Waals surface area contributed by atoms with E-state index in [1.165, 1.54) is 12.1 Å². The number of hydrogen-bond donors (Lipinski definition) is 0. The van der Waals surface area contributed by atoms with Gasteiger partial charge in [-0.05, 0) is 105 Å². The van der Waals surface area contributed by atoms with Gasteiger partial charge in [0, 0.05) is 17.1 Å². The zero-order chi connectivity index (χ0) is 34.4. The first kappa shape index (κ1) is 33.7. The van der Waals surface area contributed by atoms with Gasteiger partial charge in [0.2, 0.25) is 0 Å². The van der Waals surface area contributed by atoms with Crippen molar-refractivity contribution in [3.8, 4) is 22.3 Å². The number of ether oxygens (including phenoxy) is 4. The van der Waals surface area contributed by atoms with Crippen LogP contribution >= 0.6 is 0 Å². The third-order valence-corrected chi connectivity index (χ3v) is 7.79. The van der Waals surface area contributed by atoms with Crippen LogP contribution < -0.4 is 4.90 Å². The highest BCUT2D eigenvalue weighted by atomic mass is 16.5. The van der Waals surface area contributed by atoms with E-state index in [-0.39, 0.29) is 48.7 Å². The zero-order valence-corrected chi connectivity index (χ0v) is 27.6. The summed E-state index contributed by atoms with van der Waals surface area (Å²) < 4.78 is 21.2. The Morgan fingerprint density at radius 2 is 0.688 bits per heavy atom. The molecule has 1 aromatic rings. The molecule has 0 aromatic heterocycles. The molecule has 0 radical (unpaired) electrons. The number of carbonyl (C=O) groups excluding carboxylic acids is 4. The molecule has 0 aliphatic heterocycles. The quantitative estimate of drug-likeness (QED) is 0.103. The molecule has 48 heavy (non-hydrogen) atoms. The van der Waals surface area contributed by atoms with E-state index in [1.807, 2.05) is 60.4 Å². The highest BCUT2D eigenvalue weighted by Gasteiger charge is 2.27. The summed E-state index contributed by atoms with van der Waals surface area (Å²) in [6.45, 7) is 9.63. The van der Waals surface area contributed by atoms with Gasteiger partial charge in [-0.1, -0.05) is 42.0 Å². The summed E-state index contributed by atoms with van der Waals surface area (Å²) in [5, 5.41) is 0. The topological polar surface area (TPSA) is 108 Å². The molecular formula is C39H37NO8. The van der Waals surface area contributed by atoms with Crippen molar-refractivity contribution in [3.63, 3.8) is 0 Å². The van der Waals surface area contributed by atoms with Crippen LogP contribution in [0.1, 0.15) is 74.7 Å². The van der Waals surface area contributed by atoms with E-state index in [4.69, 9.17) is 18.9 Å². The Morgan fingerprint density at radius 1 is 0.438 bits per heavy atom. The van der Waals surface area contributed by atoms with Gasteiger partial charge in [0.1, 0.15) is 0 Å². The summed E-state index contributed by atoms with van der Waals surface area (Å²) in [5.74, 6) is -2.15. The molecule has 5 rings (SSSR count). The van der Waals surface area contributed by atoms with Gasteiger partial charge < -0.3 is 23.8 Å². The maximum absolute atomic E-state index is 13.0. The predicted molar refractivity (Wildman–Crippen MR) is 183 cm³/mol. The molecule has 9 nitrogen and oxygen atoms in total. The van der Waals surface area contributed by atoms with Crippen LogP contribution in [0, 0.1) is 6.92 Å². The lowest BCUT2D eigenvalue weighted by atomic mass is 10.1. The molecule has 1 aromatic carbocycles. The molecule has 0 amide bonds. The normalized spacial score (nSPS) is 10.9. The summed E-state index contributed by atoms with van der Waals surface area (Å²) in [5.41, 5.74) is 6.55. The fraction of sp³-hybridized carbons (Fsp3) is 0.231. The number of rotatable bonds is 11. The van der Waals surface area contributed by atoms with Gasteiger partial charge in [-0.3, -0.25) is 0 Å². The lowest BCUT2D eigenvalue weighted by Gasteiger charge is -2.24. The number of anilines is 3. The van der Waals surface area contributed by atoms with Crippen molar-refractivity contribution < 1.29 is 38.1 Å². The van der Waals surface area contributed by atoms with E-state index in [2.05, 4.69) is 0 Å². The second-order valence-corrected chi connectivity index (χ2v) is 10.8. The molecule has 0 atom stereocenters. The maximum Gasteiger partial charge on any atom is 0.338 e. The monoisotopic (exact) mass is 647 g/mol. The second-order valence-electron chi connectivity index (χ2n) is 10.8. The first-order chi connectivity index (χ1) is 23.2. The molecular weight excluding hydrogens is 610 g/mol. The van der Waals surface area contributed by atoms with Gasteiger partial charge >= 0.3 is 23.9 Å². The average Bonchev–Trinajstić information content (AvgIpc) is 3.45. The van der Waals surface area contributed by atoms with Gasteiger partial charge in [-0.2, -0.15) is 0 Å². The first-order valence-corrected chi connectivity index (χ1v) is 15.9. The molecule has 9 heteroatoms. The van der Waals surface area contributed by atoms with Crippen molar-refractivity contribution >= 4 is 40.9 Å². The molecule has 0 saturated carbocycles. The molecule has 0 N–H and O–H groups in total. The third kappa shape index (κ3) is 6.71. The van der Waals surface area contributed by atoms with Crippen molar-refractivity contribution in [3.05, 3.63) is 113 Å². The van der Waals surface area contributed by atoms with Crippen molar-refractivity contribution in [1.82, 2.24) is 0 Å². The minimum atomic E-state index is -0.537. The van der Waals surface area contributed by atoms with E-state index in [1.54, 1.807) is 52.0 Å². The van der Waals surface area contributed by atoms with Crippen LogP contribution in [0.15, 0.2) is 84.9 Å². The number of aryl methyl sites for hydroxylation is 1. The van der Waals surface area contributed by atoms with Crippen LogP contribution in [0.5, 0.6) is 0 Å². The number of hydrogen-bond acceptors (Lipinski definition) is 9. The number of carbonyl (C=O) groups is 4. The van der Waals surface area contributed by atoms with E-state index in [9.17, 15) is 19.2 Å². The fourth-order valence-electron chi connectivity index (χ4n) is 5.63. The van der Waals surface area contributed by atoms with E-state index in [0.29, 0.717) is 33.6 Å². The Balaban J connectivity index is 1.73. The Hall–Kier alpha value is -5.70. The van der Waals surface area contributed by atoms with Crippen LogP contribution in [0.25, 0.3) is 22.3 Å². The first-order valence-electron chi connectivity index (χ1n) is 15.9. The SMILES string of the molecule is CCOC(=O)c1cc(C(=O)OCC)c2ccc(N(c3ccc(C)cc3)c3ccc4c(C(=O)OCC)cc(C(=O)OCC)c-4cc3)ccc1-2. The van der Waals surface area contributed by atoms with E-state index < -0.39 is 23.9 Å². The van der Waals surface area contributed by atoms with Crippen LogP contribution in [0.4, 0.5) is 17.1 Å². The summed E-state index contributed by atoms with van der Waals surface area (Å²) in [6, 6.07) is 25.6. The van der Waals surface area contributed by atoms with E-state index >= 15 is 0 Å². The molecule has 0 unspecified atom stereocenters. The standard InChI is InChI=1S/C39H37NO8/c1-6-45-36(41)32-22-33(37(42)46-7-2)29-19-15-26(14-18-28(29)32)40(25-12-10-24(5)11-13-25)27-16-20-30-31(21-17-27)35(39(44)48-9-4)23-34(30)38(43)47-8-3/h10-23H,6-9H2,1-5H3. The highest BCUT2D eigenvalue weighted by Crippen LogP contribution is 2.40.